The summed E-state index contributed by atoms with van der Waals surface area (Å²) < 4.78 is 6.11. The second-order valence-corrected chi connectivity index (χ2v) is 8.07. The monoisotopic (exact) mass is 399 g/mol. The number of unbranched alkanes of at least 4 members (excludes halogenated alkanes) is 7. The van der Waals surface area contributed by atoms with Gasteiger partial charge in [0, 0.05) is 18.9 Å². The number of ether oxygens (including phenoxy) is 1. The van der Waals surface area contributed by atoms with Crippen LogP contribution in [0.4, 0.5) is 0 Å². The Hall–Kier alpha value is -1.10. The molecule has 5 heteroatoms. The van der Waals surface area contributed by atoms with Crippen molar-refractivity contribution < 1.29 is 19.4 Å². The van der Waals surface area contributed by atoms with Gasteiger partial charge in [-0.3, -0.25) is 9.59 Å². The van der Waals surface area contributed by atoms with Crippen LogP contribution < -0.4 is 5.73 Å². The second-order valence-electron chi connectivity index (χ2n) is 8.07. The first kappa shape index (κ1) is 26.9. The minimum Gasteiger partial charge on any atom is -0.481 e. The van der Waals surface area contributed by atoms with Crippen LogP contribution in [0.5, 0.6) is 0 Å². The number of aliphatic carboxylic acids is 1. The number of carboxylic acid groups (broad SMARTS) is 1. The minimum atomic E-state index is -0.736. The first-order chi connectivity index (χ1) is 13.5. The number of hydrogen-bond acceptors (Lipinski definition) is 3. The smallest absolute Gasteiger partial charge is 0.303 e. The van der Waals surface area contributed by atoms with Crippen LogP contribution in [0.25, 0.3) is 0 Å². The van der Waals surface area contributed by atoms with E-state index in [-0.39, 0.29) is 18.2 Å². The Morgan fingerprint density at radius 1 is 0.786 bits per heavy atom. The van der Waals surface area contributed by atoms with Crippen molar-refractivity contribution in [1.29, 1.82) is 0 Å². The number of nitrogens with two attached hydrogens (primary N) is 1. The molecular formula is C23H45NO4. The second kappa shape index (κ2) is 19.2. The van der Waals surface area contributed by atoms with Crippen molar-refractivity contribution in [2.45, 2.75) is 123 Å². The fourth-order valence-electron chi connectivity index (χ4n) is 3.58. The van der Waals surface area contributed by atoms with Crippen molar-refractivity contribution in [3.8, 4) is 0 Å². The van der Waals surface area contributed by atoms with Gasteiger partial charge >= 0.3 is 5.97 Å². The lowest BCUT2D eigenvalue weighted by atomic mass is 9.93. The molecule has 1 amide bonds. The van der Waals surface area contributed by atoms with E-state index in [2.05, 4.69) is 13.8 Å². The molecule has 166 valence electrons. The Balaban J connectivity index is 4.10. The van der Waals surface area contributed by atoms with Gasteiger partial charge < -0.3 is 15.6 Å². The topological polar surface area (TPSA) is 89.6 Å². The zero-order valence-electron chi connectivity index (χ0n) is 18.4. The maximum Gasteiger partial charge on any atom is 0.303 e. The Labute approximate surface area is 172 Å². The molecule has 2 unspecified atom stereocenters. The molecule has 2 atom stereocenters. The average molecular weight is 400 g/mol. The summed E-state index contributed by atoms with van der Waals surface area (Å²) in [6, 6.07) is 0. The van der Waals surface area contributed by atoms with Gasteiger partial charge in [-0.15, -0.1) is 0 Å². The number of carbonyl (C=O) groups is 2. The van der Waals surface area contributed by atoms with Gasteiger partial charge in [0.2, 0.25) is 5.91 Å². The van der Waals surface area contributed by atoms with Crippen molar-refractivity contribution in [3.63, 3.8) is 0 Å². The van der Waals surface area contributed by atoms with E-state index in [0.29, 0.717) is 12.5 Å². The molecule has 0 bridgehead atoms. The highest BCUT2D eigenvalue weighted by atomic mass is 16.5. The van der Waals surface area contributed by atoms with Gasteiger partial charge in [0.25, 0.3) is 0 Å². The third kappa shape index (κ3) is 17.0. The molecule has 0 saturated heterocycles. The molecule has 0 aliphatic heterocycles. The van der Waals surface area contributed by atoms with E-state index in [4.69, 9.17) is 15.6 Å². The van der Waals surface area contributed by atoms with Crippen LogP contribution in [-0.2, 0) is 14.3 Å². The van der Waals surface area contributed by atoms with E-state index in [1.165, 1.54) is 32.1 Å². The molecule has 0 aromatic rings. The molecule has 3 N–H and O–H groups in total. The van der Waals surface area contributed by atoms with Gasteiger partial charge in [0.05, 0.1) is 6.10 Å². The highest BCUT2D eigenvalue weighted by molar-refractivity contribution is 5.76. The SMILES string of the molecule is CCCCCOC(CCCCC)CCCC(CCCCCCC(=O)O)C(N)=O. The number of hydrogen-bond donors (Lipinski definition) is 2. The number of carbonyl (C=O) groups excluding carboxylic acids is 1. The zero-order valence-corrected chi connectivity index (χ0v) is 18.4. The predicted molar refractivity (Wildman–Crippen MR) is 115 cm³/mol. The van der Waals surface area contributed by atoms with Gasteiger partial charge in [0.1, 0.15) is 0 Å². The average Bonchev–Trinajstić information content (AvgIpc) is 2.65. The van der Waals surface area contributed by atoms with Crippen LogP contribution in [0.1, 0.15) is 117 Å². The predicted octanol–water partition coefficient (Wildman–Crippen LogP) is 5.84. The van der Waals surface area contributed by atoms with Crippen LogP contribution in [0.2, 0.25) is 0 Å². The summed E-state index contributed by atoms with van der Waals surface area (Å²) in [6.45, 7) is 5.27. The lowest BCUT2D eigenvalue weighted by molar-refractivity contribution is -0.137. The van der Waals surface area contributed by atoms with E-state index >= 15 is 0 Å². The van der Waals surface area contributed by atoms with Gasteiger partial charge in [-0.05, 0) is 38.5 Å². The maximum absolute atomic E-state index is 11.8. The minimum absolute atomic E-state index is 0.0594. The molecule has 0 aromatic heterocycles. The van der Waals surface area contributed by atoms with Crippen LogP contribution in [-0.4, -0.2) is 29.7 Å². The summed E-state index contributed by atoms with van der Waals surface area (Å²) >= 11 is 0. The standard InChI is InChI=1S/C23H45NO4/c1-3-5-9-16-21(28-19-12-6-4-2)17-13-15-20(23(24)27)14-10-7-8-11-18-22(25)26/h20-21H,3-19H2,1-2H3,(H2,24,27)(H,25,26). The summed E-state index contributed by atoms with van der Waals surface area (Å²) in [5.74, 6) is -0.992. The zero-order chi connectivity index (χ0) is 21.0. The molecule has 0 aromatic carbocycles. The summed E-state index contributed by atoms with van der Waals surface area (Å²) in [4.78, 5) is 22.3. The van der Waals surface area contributed by atoms with Crippen molar-refractivity contribution in [3.05, 3.63) is 0 Å². The lowest BCUT2D eigenvalue weighted by Crippen LogP contribution is -2.24. The van der Waals surface area contributed by atoms with Crippen molar-refractivity contribution in [2.24, 2.45) is 11.7 Å². The lowest BCUT2D eigenvalue weighted by Gasteiger charge is -2.19. The third-order valence-corrected chi connectivity index (χ3v) is 5.41. The van der Waals surface area contributed by atoms with Crippen molar-refractivity contribution in [1.82, 2.24) is 0 Å². The molecule has 0 spiro atoms. The molecule has 0 radical (unpaired) electrons. The summed E-state index contributed by atoms with van der Waals surface area (Å²) in [7, 11) is 0. The van der Waals surface area contributed by atoms with Crippen LogP contribution in [0.3, 0.4) is 0 Å². The first-order valence-corrected chi connectivity index (χ1v) is 11.6. The number of amides is 1. The highest BCUT2D eigenvalue weighted by Crippen LogP contribution is 2.20. The van der Waals surface area contributed by atoms with E-state index in [0.717, 1.165) is 64.4 Å². The molecule has 0 fully saturated rings. The van der Waals surface area contributed by atoms with Gasteiger partial charge in [0.15, 0.2) is 0 Å². The third-order valence-electron chi connectivity index (χ3n) is 5.41. The highest BCUT2D eigenvalue weighted by Gasteiger charge is 2.16. The van der Waals surface area contributed by atoms with E-state index < -0.39 is 5.97 Å². The maximum atomic E-state index is 11.8. The molecule has 0 saturated carbocycles. The first-order valence-electron chi connectivity index (χ1n) is 11.6. The number of carboxylic acids is 1. The summed E-state index contributed by atoms with van der Waals surface area (Å²) in [5.41, 5.74) is 5.60. The normalized spacial score (nSPS) is 13.4. The molecular weight excluding hydrogens is 354 g/mol. The molecule has 0 aliphatic carbocycles. The van der Waals surface area contributed by atoms with Crippen LogP contribution in [0.15, 0.2) is 0 Å². The Morgan fingerprint density at radius 3 is 2.00 bits per heavy atom. The molecule has 28 heavy (non-hydrogen) atoms. The summed E-state index contributed by atoms with van der Waals surface area (Å²) in [5, 5.41) is 8.65. The largest absolute Gasteiger partial charge is 0.481 e. The van der Waals surface area contributed by atoms with E-state index in [1.54, 1.807) is 0 Å². The van der Waals surface area contributed by atoms with Crippen molar-refractivity contribution in [2.75, 3.05) is 6.61 Å². The fourth-order valence-corrected chi connectivity index (χ4v) is 3.58. The molecule has 0 aliphatic rings. The van der Waals surface area contributed by atoms with E-state index in [1.807, 2.05) is 0 Å². The van der Waals surface area contributed by atoms with Gasteiger partial charge in [-0.1, -0.05) is 71.6 Å². The van der Waals surface area contributed by atoms with Crippen LogP contribution >= 0.6 is 0 Å². The molecule has 0 rings (SSSR count). The Bertz CT molecular complexity index is 387. The Morgan fingerprint density at radius 2 is 1.36 bits per heavy atom. The fraction of sp³-hybridized carbons (Fsp3) is 0.913. The number of primary amides is 1. The van der Waals surface area contributed by atoms with Crippen molar-refractivity contribution >= 4 is 11.9 Å². The molecule has 0 heterocycles. The van der Waals surface area contributed by atoms with Gasteiger partial charge in [-0.2, -0.15) is 0 Å². The Kier molecular flexibility index (Phi) is 18.5. The molecule has 5 nitrogen and oxygen atoms in total. The number of rotatable bonds is 21. The van der Waals surface area contributed by atoms with E-state index in [9.17, 15) is 9.59 Å². The van der Waals surface area contributed by atoms with Crippen LogP contribution in [0, 0.1) is 5.92 Å². The van der Waals surface area contributed by atoms with Gasteiger partial charge in [-0.25, -0.2) is 0 Å². The quantitative estimate of drug-likeness (QED) is 0.237. The summed E-state index contributed by atoms with van der Waals surface area (Å²) in [6.07, 6.45) is 16.1.